The Labute approximate surface area is 609 Å². The fraction of sp³-hybridized carbons (Fsp3) is 0.886. The van der Waals surface area contributed by atoms with Crippen molar-refractivity contribution in [3.63, 3.8) is 0 Å². The normalized spacial score (nSPS) is 12.6. The number of amides is 1. The Morgan fingerprint density at radius 1 is 0.327 bits per heavy atom. The van der Waals surface area contributed by atoms with Gasteiger partial charge < -0.3 is 29.4 Å². The third-order valence-corrected chi connectivity index (χ3v) is 21.7. The van der Waals surface area contributed by atoms with Gasteiger partial charge in [-0.3, -0.25) is 4.79 Å². The Hall–Kier alpha value is -3.14. The van der Waals surface area contributed by atoms with Crippen LogP contribution in [0.3, 0.4) is 0 Å². The molecule has 10 heteroatoms. The minimum atomic E-state index is -0.0119. The molecule has 2 heterocycles. The lowest BCUT2D eigenvalue weighted by molar-refractivity contribution is -0.133. The summed E-state index contributed by atoms with van der Waals surface area (Å²) in [4.78, 5) is 39.7. The Morgan fingerprint density at radius 2 is 0.551 bits per heavy atom. The van der Waals surface area contributed by atoms with Gasteiger partial charge in [-0.1, -0.05) is 425 Å². The lowest BCUT2D eigenvalue weighted by atomic mass is 10.0. The van der Waals surface area contributed by atoms with Crippen molar-refractivity contribution in [3.8, 4) is 5.75 Å². The van der Waals surface area contributed by atoms with Crippen molar-refractivity contribution in [2.45, 2.75) is 445 Å². The summed E-state index contributed by atoms with van der Waals surface area (Å²) in [6.45, 7) is 15.8. The molecule has 2 aromatic rings. The van der Waals surface area contributed by atoms with Gasteiger partial charge in [-0.2, -0.15) is 15.0 Å². The maximum atomic E-state index is 13.7. The van der Waals surface area contributed by atoms with Crippen molar-refractivity contribution < 1.29 is 14.6 Å². The van der Waals surface area contributed by atoms with Crippen LogP contribution in [0.5, 0.6) is 5.75 Å². The van der Waals surface area contributed by atoms with Crippen LogP contribution in [0.1, 0.15) is 444 Å². The SMILES string of the molecule is CCCCCCCCCCCCCCCCCCN(CCCCCCCCCCCCCCCCCC)c1nc(N(CCCCCCCCCCCCCCCCCC)CCCCCCCCCCCCCCCCCC)nc(N2CCN(C(=O)COc3ccc(CO)cc3)CC2)n1. The van der Waals surface area contributed by atoms with Gasteiger partial charge in [0.2, 0.25) is 17.8 Å². The minimum absolute atomic E-state index is 0.000125. The number of rotatable bonds is 75. The lowest BCUT2D eigenvalue weighted by Gasteiger charge is -2.35. The molecule has 0 radical (unpaired) electrons. The summed E-state index contributed by atoms with van der Waals surface area (Å²) in [5, 5.41) is 9.55. The first-order valence-electron chi connectivity index (χ1n) is 44.1. The summed E-state index contributed by atoms with van der Waals surface area (Å²) >= 11 is 0. The van der Waals surface area contributed by atoms with E-state index >= 15 is 0 Å². The second-order valence-electron chi connectivity index (χ2n) is 30.9. The molecule has 10 nitrogen and oxygen atoms in total. The molecular formula is C88H165N7O3. The molecule has 0 bridgehead atoms. The van der Waals surface area contributed by atoms with Crippen LogP contribution in [-0.2, 0) is 11.4 Å². The van der Waals surface area contributed by atoms with E-state index in [1.54, 1.807) is 0 Å². The fourth-order valence-corrected chi connectivity index (χ4v) is 14.9. The van der Waals surface area contributed by atoms with Crippen LogP contribution in [0.25, 0.3) is 0 Å². The van der Waals surface area contributed by atoms with Crippen LogP contribution in [0.4, 0.5) is 17.8 Å². The molecule has 1 saturated heterocycles. The molecule has 1 N–H and O–H groups in total. The van der Waals surface area contributed by atoms with Crippen molar-refractivity contribution in [2.75, 3.05) is 73.7 Å². The maximum absolute atomic E-state index is 13.7. The van der Waals surface area contributed by atoms with E-state index in [0.29, 0.717) is 31.9 Å². The van der Waals surface area contributed by atoms with Crippen molar-refractivity contribution in [3.05, 3.63) is 29.8 Å². The number of unbranched alkanes of at least 4 members (excludes halogenated alkanes) is 60. The zero-order valence-electron chi connectivity index (χ0n) is 66.0. The zero-order valence-corrected chi connectivity index (χ0v) is 66.0. The van der Waals surface area contributed by atoms with E-state index in [0.717, 1.165) is 49.6 Å². The number of carbonyl (C=O) groups excluding carboxylic acids is 1. The zero-order chi connectivity index (χ0) is 69.8. The highest BCUT2D eigenvalue weighted by atomic mass is 16.5. The number of benzene rings is 1. The molecule has 3 rings (SSSR count). The highest BCUT2D eigenvalue weighted by Crippen LogP contribution is 2.26. The molecule has 1 aliphatic rings. The van der Waals surface area contributed by atoms with E-state index in [1.807, 2.05) is 29.2 Å². The van der Waals surface area contributed by atoms with Crippen LogP contribution in [0, 0.1) is 0 Å². The van der Waals surface area contributed by atoms with Crippen LogP contribution in [-0.4, -0.2) is 89.8 Å². The van der Waals surface area contributed by atoms with E-state index in [4.69, 9.17) is 19.7 Å². The Balaban J connectivity index is 1.75. The number of aromatic nitrogens is 3. The second-order valence-corrected chi connectivity index (χ2v) is 30.9. The van der Waals surface area contributed by atoms with Crippen LogP contribution < -0.4 is 19.4 Å². The Kier molecular flexibility index (Phi) is 62.1. The topological polar surface area (TPSA) is 98.2 Å². The van der Waals surface area contributed by atoms with Crippen molar-refractivity contribution in [1.82, 2.24) is 19.9 Å². The number of hydrogen-bond acceptors (Lipinski definition) is 9. The van der Waals surface area contributed by atoms with Gasteiger partial charge in [0.05, 0.1) is 6.61 Å². The largest absolute Gasteiger partial charge is 0.484 e. The van der Waals surface area contributed by atoms with Gasteiger partial charge in [0.15, 0.2) is 6.61 Å². The molecule has 0 spiro atoms. The van der Waals surface area contributed by atoms with E-state index < -0.39 is 0 Å². The van der Waals surface area contributed by atoms with Crippen LogP contribution in [0.15, 0.2) is 24.3 Å². The molecule has 1 amide bonds. The van der Waals surface area contributed by atoms with Crippen molar-refractivity contribution in [1.29, 1.82) is 0 Å². The molecule has 0 saturated carbocycles. The molecule has 570 valence electrons. The van der Waals surface area contributed by atoms with Crippen molar-refractivity contribution in [2.24, 2.45) is 0 Å². The standard InChI is InChI=1S/C88H165N7O3/c1-5-9-13-17-21-25-29-33-37-41-45-49-53-57-61-65-73-93(74-66-62-58-54-50-46-42-38-34-30-26-22-18-14-10-6-2)86-89-87(91-88(90-86)95-79-77-92(78-80-95)85(97)82-98-84-71-69-83(81-96)70-72-84)94(75-67-63-59-55-51-47-43-39-35-31-27-23-19-15-11-7-3)76-68-64-60-56-52-48-44-40-36-32-28-24-20-16-12-8-4/h69-72,96H,5-68,73-82H2,1-4H3. The molecular weight excluding hydrogens is 1200 g/mol. The summed E-state index contributed by atoms with van der Waals surface area (Å²) in [5.74, 6) is 3.17. The third kappa shape index (κ3) is 51.1. The first-order valence-corrected chi connectivity index (χ1v) is 44.1. The smallest absolute Gasteiger partial charge is 0.260 e. The van der Waals surface area contributed by atoms with E-state index in [1.165, 1.54) is 411 Å². The average molecular weight is 1370 g/mol. The summed E-state index contributed by atoms with van der Waals surface area (Å²) in [6, 6.07) is 7.37. The van der Waals surface area contributed by atoms with Crippen LogP contribution in [0.2, 0.25) is 0 Å². The summed E-state index contributed by atoms with van der Waals surface area (Å²) in [5.41, 5.74) is 0.830. The predicted molar refractivity (Wildman–Crippen MR) is 429 cm³/mol. The number of anilines is 3. The fourth-order valence-electron chi connectivity index (χ4n) is 14.9. The number of piperazine rings is 1. The van der Waals surface area contributed by atoms with E-state index in [-0.39, 0.29) is 19.1 Å². The van der Waals surface area contributed by atoms with Crippen molar-refractivity contribution >= 4 is 23.8 Å². The van der Waals surface area contributed by atoms with Gasteiger partial charge in [0.25, 0.3) is 5.91 Å². The number of nitrogens with zero attached hydrogens (tertiary/aromatic N) is 7. The first kappa shape index (κ1) is 89.1. The molecule has 0 unspecified atom stereocenters. The molecule has 0 atom stereocenters. The number of ether oxygens (including phenoxy) is 1. The van der Waals surface area contributed by atoms with Crippen LogP contribution >= 0.6 is 0 Å². The highest BCUT2D eigenvalue weighted by molar-refractivity contribution is 5.78. The quantitative estimate of drug-likeness (QED) is 0.0649. The molecule has 0 aliphatic carbocycles. The number of aliphatic hydroxyl groups is 1. The van der Waals surface area contributed by atoms with E-state index in [2.05, 4.69) is 42.4 Å². The third-order valence-electron chi connectivity index (χ3n) is 21.7. The Morgan fingerprint density at radius 3 is 0.776 bits per heavy atom. The first-order chi connectivity index (χ1) is 48.5. The van der Waals surface area contributed by atoms with Gasteiger partial charge in [-0.05, 0) is 43.4 Å². The number of carbonyl (C=O) groups is 1. The van der Waals surface area contributed by atoms with Gasteiger partial charge in [0.1, 0.15) is 5.75 Å². The number of aliphatic hydroxyl groups excluding tert-OH is 1. The van der Waals surface area contributed by atoms with Gasteiger partial charge in [-0.25, -0.2) is 0 Å². The second kappa shape index (κ2) is 68.3. The minimum Gasteiger partial charge on any atom is -0.484 e. The maximum Gasteiger partial charge on any atom is 0.260 e. The molecule has 1 aliphatic heterocycles. The van der Waals surface area contributed by atoms with Gasteiger partial charge in [-0.15, -0.1) is 0 Å². The molecule has 98 heavy (non-hydrogen) atoms. The Bertz CT molecular complexity index is 1810. The predicted octanol–water partition coefficient (Wildman–Crippen LogP) is 26.8. The van der Waals surface area contributed by atoms with Gasteiger partial charge >= 0.3 is 0 Å². The van der Waals surface area contributed by atoms with Gasteiger partial charge in [0, 0.05) is 52.4 Å². The average Bonchev–Trinajstić information content (AvgIpc) is 0.814. The number of hydrogen-bond donors (Lipinski definition) is 1. The summed E-state index contributed by atoms with van der Waals surface area (Å²) < 4.78 is 5.97. The molecule has 1 aromatic heterocycles. The monoisotopic (exact) mass is 1370 g/mol. The molecule has 1 aromatic carbocycles. The van der Waals surface area contributed by atoms with E-state index in [9.17, 15) is 9.90 Å². The highest BCUT2D eigenvalue weighted by Gasteiger charge is 2.26. The lowest BCUT2D eigenvalue weighted by Crippen LogP contribution is -2.50. The summed E-state index contributed by atoms with van der Waals surface area (Å²) in [6.07, 6.45) is 88.1. The summed E-state index contributed by atoms with van der Waals surface area (Å²) in [7, 11) is 0. The molecule has 1 fully saturated rings.